The number of nitrogens with one attached hydrogen (secondary N) is 1. The van der Waals surface area contributed by atoms with Gasteiger partial charge in [0, 0.05) is 18.0 Å². The summed E-state index contributed by atoms with van der Waals surface area (Å²) in [6.07, 6.45) is 4.35. The van der Waals surface area contributed by atoms with E-state index in [1.807, 2.05) is 24.3 Å². The predicted molar refractivity (Wildman–Crippen MR) is 79.7 cm³/mol. The molecule has 0 radical (unpaired) electrons. The number of benzene rings is 1. The lowest BCUT2D eigenvalue weighted by Crippen LogP contribution is -2.46. The Hall–Kier alpha value is -1.55. The van der Waals surface area contributed by atoms with Crippen LogP contribution in [0.1, 0.15) is 37.3 Å². The number of ether oxygens (including phenoxy) is 1. The number of rotatable bonds is 2. The van der Waals surface area contributed by atoms with Gasteiger partial charge in [-0.25, -0.2) is 0 Å². The largest absolute Gasteiger partial charge is 0.493 e. The maximum atomic E-state index is 12.7. The third-order valence-electron chi connectivity index (χ3n) is 5.56. The van der Waals surface area contributed by atoms with Gasteiger partial charge in [-0.2, -0.15) is 0 Å². The number of carbonyl (C=O) groups excluding carboxylic acids is 1. The van der Waals surface area contributed by atoms with Crippen molar-refractivity contribution in [2.45, 2.75) is 37.8 Å². The number of hydrogen-bond donors (Lipinski definition) is 2. The van der Waals surface area contributed by atoms with Gasteiger partial charge < -0.3 is 15.8 Å². The number of amides is 1. The van der Waals surface area contributed by atoms with Crippen molar-refractivity contribution in [2.24, 2.45) is 23.5 Å². The Bertz CT molecular complexity index is 557. The lowest BCUT2D eigenvalue weighted by molar-refractivity contribution is -0.128. The summed E-state index contributed by atoms with van der Waals surface area (Å²) in [5.74, 6) is 2.12. The molecule has 4 nitrogen and oxygen atoms in total. The summed E-state index contributed by atoms with van der Waals surface area (Å²) in [7, 11) is 0. The number of hydrogen-bond acceptors (Lipinski definition) is 3. The van der Waals surface area contributed by atoms with Gasteiger partial charge >= 0.3 is 0 Å². The van der Waals surface area contributed by atoms with Crippen LogP contribution in [0.15, 0.2) is 24.3 Å². The number of fused-ring (bicyclic) bond motifs is 3. The summed E-state index contributed by atoms with van der Waals surface area (Å²) < 4.78 is 5.66. The van der Waals surface area contributed by atoms with Crippen LogP contribution >= 0.6 is 0 Å². The SMILES string of the molecule is NC1C2CCC(C2)C1C(=O)NC1CCOc2ccccc21. The molecule has 21 heavy (non-hydrogen) atoms. The highest BCUT2D eigenvalue weighted by Gasteiger charge is 2.49. The zero-order valence-electron chi connectivity index (χ0n) is 12.1. The summed E-state index contributed by atoms with van der Waals surface area (Å²) in [4.78, 5) is 12.7. The second kappa shape index (κ2) is 5.02. The fraction of sp³-hybridized carbons (Fsp3) is 0.588. The van der Waals surface area contributed by atoms with Gasteiger partial charge in [-0.15, -0.1) is 0 Å². The third kappa shape index (κ3) is 2.13. The minimum Gasteiger partial charge on any atom is -0.493 e. The van der Waals surface area contributed by atoms with Crippen molar-refractivity contribution < 1.29 is 9.53 Å². The second-order valence-electron chi connectivity index (χ2n) is 6.67. The summed E-state index contributed by atoms with van der Waals surface area (Å²) >= 11 is 0. The first kappa shape index (κ1) is 13.1. The van der Waals surface area contributed by atoms with Gasteiger partial charge in [0.2, 0.25) is 5.91 Å². The minimum absolute atomic E-state index is 0.0127. The molecule has 0 spiro atoms. The number of para-hydroxylation sites is 1. The first-order valence-electron chi connectivity index (χ1n) is 8.01. The molecule has 5 unspecified atom stereocenters. The van der Waals surface area contributed by atoms with Gasteiger partial charge in [-0.3, -0.25) is 4.79 Å². The molecule has 2 fully saturated rings. The van der Waals surface area contributed by atoms with E-state index in [1.165, 1.54) is 12.8 Å². The van der Waals surface area contributed by atoms with Crippen molar-refractivity contribution in [3.63, 3.8) is 0 Å². The maximum Gasteiger partial charge on any atom is 0.225 e. The quantitative estimate of drug-likeness (QED) is 0.874. The molecule has 112 valence electrons. The molecule has 1 amide bonds. The van der Waals surface area contributed by atoms with E-state index in [0.717, 1.165) is 24.2 Å². The standard InChI is InChI=1S/C17H22N2O2/c18-16-11-6-5-10(9-11)15(16)17(20)19-13-7-8-21-14-4-2-1-3-12(13)14/h1-4,10-11,13,15-16H,5-9,18H2,(H,19,20). The average molecular weight is 286 g/mol. The molecule has 3 aliphatic rings. The molecule has 1 heterocycles. The zero-order chi connectivity index (χ0) is 14.4. The third-order valence-corrected chi connectivity index (χ3v) is 5.56. The van der Waals surface area contributed by atoms with Crippen molar-refractivity contribution in [1.29, 1.82) is 0 Å². The Kier molecular flexibility index (Phi) is 3.14. The highest BCUT2D eigenvalue weighted by molar-refractivity contribution is 5.81. The van der Waals surface area contributed by atoms with Gasteiger partial charge in [0.1, 0.15) is 5.75 Å². The highest BCUT2D eigenvalue weighted by Crippen LogP contribution is 2.48. The topological polar surface area (TPSA) is 64.4 Å². The smallest absolute Gasteiger partial charge is 0.225 e. The molecular formula is C17H22N2O2. The van der Waals surface area contributed by atoms with E-state index in [9.17, 15) is 4.79 Å². The molecule has 0 saturated heterocycles. The predicted octanol–water partition coefficient (Wildman–Crippen LogP) is 2.00. The lowest BCUT2D eigenvalue weighted by Gasteiger charge is -2.31. The summed E-state index contributed by atoms with van der Waals surface area (Å²) in [6.45, 7) is 0.657. The van der Waals surface area contributed by atoms with E-state index in [-0.39, 0.29) is 23.9 Å². The average Bonchev–Trinajstić information content (AvgIpc) is 3.08. The van der Waals surface area contributed by atoms with Crippen molar-refractivity contribution >= 4 is 5.91 Å². The minimum atomic E-state index is 0.0127. The number of nitrogens with two attached hydrogens (primary N) is 1. The van der Waals surface area contributed by atoms with Crippen molar-refractivity contribution in [3.8, 4) is 5.75 Å². The molecule has 5 atom stereocenters. The molecule has 1 aromatic carbocycles. The van der Waals surface area contributed by atoms with E-state index < -0.39 is 0 Å². The molecule has 4 heteroatoms. The van der Waals surface area contributed by atoms with E-state index in [4.69, 9.17) is 10.5 Å². The van der Waals surface area contributed by atoms with Gasteiger partial charge in [0.25, 0.3) is 0 Å². The fourth-order valence-electron chi connectivity index (χ4n) is 4.48. The Morgan fingerprint density at radius 2 is 2.00 bits per heavy atom. The molecule has 0 aromatic heterocycles. The van der Waals surface area contributed by atoms with E-state index >= 15 is 0 Å². The van der Waals surface area contributed by atoms with Gasteiger partial charge in [-0.1, -0.05) is 18.2 Å². The lowest BCUT2D eigenvalue weighted by atomic mass is 9.84. The van der Waals surface area contributed by atoms with Crippen LogP contribution in [-0.4, -0.2) is 18.6 Å². The molecule has 2 saturated carbocycles. The van der Waals surface area contributed by atoms with Crippen LogP contribution < -0.4 is 15.8 Å². The maximum absolute atomic E-state index is 12.7. The zero-order valence-corrected chi connectivity index (χ0v) is 12.1. The number of carbonyl (C=O) groups is 1. The van der Waals surface area contributed by atoms with Crippen molar-refractivity contribution in [1.82, 2.24) is 5.32 Å². The molecule has 3 N–H and O–H groups in total. The van der Waals surface area contributed by atoms with Crippen molar-refractivity contribution in [3.05, 3.63) is 29.8 Å². The Balaban J connectivity index is 1.51. The molecular weight excluding hydrogens is 264 g/mol. The molecule has 2 aliphatic carbocycles. The van der Waals surface area contributed by atoms with Crippen LogP contribution in [0.4, 0.5) is 0 Å². The molecule has 1 aliphatic heterocycles. The summed E-state index contributed by atoms with van der Waals surface area (Å²) in [5, 5.41) is 3.23. The van der Waals surface area contributed by atoms with Crippen LogP contribution in [0.5, 0.6) is 5.75 Å². The van der Waals surface area contributed by atoms with Crippen LogP contribution in [-0.2, 0) is 4.79 Å². The van der Waals surface area contributed by atoms with Crippen LogP contribution in [0.3, 0.4) is 0 Å². The Labute approximate surface area is 125 Å². The molecule has 4 rings (SSSR count). The highest BCUT2D eigenvalue weighted by atomic mass is 16.5. The molecule has 2 bridgehead atoms. The van der Waals surface area contributed by atoms with Crippen LogP contribution in [0, 0.1) is 17.8 Å². The normalized spacial score (nSPS) is 36.9. The fourth-order valence-corrected chi connectivity index (χ4v) is 4.48. The van der Waals surface area contributed by atoms with E-state index in [2.05, 4.69) is 5.32 Å². The van der Waals surface area contributed by atoms with E-state index in [0.29, 0.717) is 18.4 Å². The summed E-state index contributed by atoms with van der Waals surface area (Å²) in [6, 6.07) is 8.09. The van der Waals surface area contributed by atoms with Crippen molar-refractivity contribution in [2.75, 3.05) is 6.61 Å². The monoisotopic (exact) mass is 286 g/mol. The Morgan fingerprint density at radius 3 is 2.81 bits per heavy atom. The van der Waals surface area contributed by atoms with Crippen LogP contribution in [0.25, 0.3) is 0 Å². The van der Waals surface area contributed by atoms with Gasteiger partial charge in [0.05, 0.1) is 18.6 Å². The first-order valence-corrected chi connectivity index (χ1v) is 8.01. The second-order valence-corrected chi connectivity index (χ2v) is 6.67. The van der Waals surface area contributed by atoms with Crippen LogP contribution in [0.2, 0.25) is 0 Å². The first-order chi connectivity index (χ1) is 10.2. The van der Waals surface area contributed by atoms with Gasteiger partial charge in [0.15, 0.2) is 0 Å². The van der Waals surface area contributed by atoms with E-state index in [1.54, 1.807) is 0 Å². The summed E-state index contributed by atoms with van der Waals surface area (Å²) in [5.41, 5.74) is 7.37. The Morgan fingerprint density at radius 1 is 1.19 bits per heavy atom. The molecule has 1 aromatic rings. The van der Waals surface area contributed by atoms with Gasteiger partial charge in [-0.05, 0) is 37.2 Å².